The Morgan fingerprint density at radius 1 is 1.25 bits per heavy atom. The monoisotopic (exact) mass is 225 g/mol. The molecule has 0 spiro atoms. The van der Waals surface area contributed by atoms with Crippen LogP contribution >= 0.6 is 0 Å². The van der Waals surface area contributed by atoms with E-state index in [4.69, 9.17) is 4.74 Å². The molecule has 0 amide bonds. The van der Waals surface area contributed by atoms with Crippen LogP contribution in [-0.4, -0.2) is 25.3 Å². The second-order valence-electron chi connectivity index (χ2n) is 6.11. The normalized spacial score (nSPS) is 40.5. The van der Waals surface area contributed by atoms with E-state index in [0.717, 1.165) is 17.8 Å². The number of hydrogen-bond donors (Lipinski definition) is 1. The summed E-state index contributed by atoms with van der Waals surface area (Å²) in [5, 5.41) is 3.55. The van der Waals surface area contributed by atoms with E-state index < -0.39 is 0 Å². The average Bonchev–Trinajstić information content (AvgIpc) is 2.65. The second kappa shape index (κ2) is 5.50. The van der Waals surface area contributed by atoms with E-state index in [1.54, 1.807) is 0 Å². The lowest BCUT2D eigenvalue weighted by atomic mass is 9.77. The first-order valence-electron chi connectivity index (χ1n) is 7.03. The first-order valence-corrected chi connectivity index (χ1v) is 7.03. The fourth-order valence-electron chi connectivity index (χ4n) is 3.44. The molecule has 0 aromatic rings. The van der Waals surface area contributed by atoms with E-state index in [-0.39, 0.29) is 0 Å². The third-order valence-corrected chi connectivity index (χ3v) is 4.18. The van der Waals surface area contributed by atoms with Crippen molar-refractivity contribution in [1.29, 1.82) is 0 Å². The number of ether oxygens (including phenoxy) is 1. The summed E-state index contributed by atoms with van der Waals surface area (Å²) in [6.45, 7) is 9.29. The van der Waals surface area contributed by atoms with Gasteiger partial charge in [-0.3, -0.25) is 0 Å². The highest BCUT2D eigenvalue weighted by Crippen LogP contribution is 2.35. The second-order valence-corrected chi connectivity index (χ2v) is 6.11. The predicted molar refractivity (Wildman–Crippen MR) is 67.5 cm³/mol. The van der Waals surface area contributed by atoms with Gasteiger partial charge in [0.15, 0.2) is 0 Å². The first-order chi connectivity index (χ1) is 7.66. The highest BCUT2D eigenvalue weighted by molar-refractivity contribution is 4.87. The van der Waals surface area contributed by atoms with Crippen molar-refractivity contribution < 1.29 is 4.74 Å². The van der Waals surface area contributed by atoms with E-state index in [9.17, 15) is 0 Å². The quantitative estimate of drug-likeness (QED) is 0.797. The van der Waals surface area contributed by atoms with Crippen molar-refractivity contribution in [1.82, 2.24) is 5.32 Å². The molecule has 0 saturated carbocycles. The Labute approximate surface area is 100 Å². The standard InChI is InChI=1S/C14H27NO/c1-10(2)8-12-9-15-7-6-13(12)14-5-4-11(3)16-14/h10-15H,4-9H2,1-3H3. The molecule has 0 aromatic carbocycles. The van der Waals surface area contributed by atoms with Gasteiger partial charge in [-0.05, 0) is 63.5 Å². The van der Waals surface area contributed by atoms with Crippen LogP contribution < -0.4 is 5.32 Å². The minimum absolute atomic E-state index is 0.500. The molecule has 2 saturated heterocycles. The van der Waals surface area contributed by atoms with Crippen molar-refractivity contribution in [3.63, 3.8) is 0 Å². The van der Waals surface area contributed by atoms with Gasteiger partial charge in [-0.1, -0.05) is 13.8 Å². The summed E-state index contributed by atoms with van der Waals surface area (Å²) >= 11 is 0. The maximum absolute atomic E-state index is 6.08. The Morgan fingerprint density at radius 3 is 2.69 bits per heavy atom. The topological polar surface area (TPSA) is 21.3 Å². The lowest BCUT2D eigenvalue weighted by molar-refractivity contribution is -0.0120. The third kappa shape index (κ3) is 2.98. The highest BCUT2D eigenvalue weighted by Gasteiger charge is 2.36. The molecule has 2 fully saturated rings. The van der Waals surface area contributed by atoms with Crippen molar-refractivity contribution >= 4 is 0 Å². The molecule has 2 aliphatic rings. The third-order valence-electron chi connectivity index (χ3n) is 4.18. The van der Waals surface area contributed by atoms with Gasteiger partial charge in [0.25, 0.3) is 0 Å². The molecule has 16 heavy (non-hydrogen) atoms. The van der Waals surface area contributed by atoms with Crippen LogP contribution in [0.4, 0.5) is 0 Å². The largest absolute Gasteiger partial charge is 0.375 e. The van der Waals surface area contributed by atoms with Gasteiger partial charge >= 0.3 is 0 Å². The van der Waals surface area contributed by atoms with Crippen LogP contribution in [0.1, 0.15) is 46.5 Å². The van der Waals surface area contributed by atoms with Crippen molar-refractivity contribution in [2.24, 2.45) is 17.8 Å². The Kier molecular flexibility index (Phi) is 4.26. The minimum atomic E-state index is 0.500. The molecule has 0 aliphatic carbocycles. The van der Waals surface area contributed by atoms with Crippen LogP contribution in [0.3, 0.4) is 0 Å². The van der Waals surface area contributed by atoms with Gasteiger partial charge in [-0.25, -0.2) is 0 Å². The molecule has 2 heterocycles. The van der Waals surface area contributed by atoms with Gasteiger partial charge < -0.3 is 10.1 Å². The molecule has 0 aromatic heterocycles. The summed E-state index contributed by atoms with van der Waals surface area (Å²) in [5.74, 6) is 2.46. The molecule has 1 N–H and O–H groups in total. The Hall–Kier alpha value is -0.0800. The van der Waals surface area contributed by atoms with Crippen LogP contribution in [0.15, 0.2) is 0 Å². The van der Waals surface area contributed by atoms with E-state index in [2.05, 4.69) is 26.1 Å². The van der Waals surface area contributed by atoms with E-state index >= 15 is 0 Å². The Bertz CT molecular complexity index is 217. The van der Waals surface area contributed by atoms with E-state index in [1.165, 1.54) is 38.8 Å². The van der Waals surface area contributed by atoms with Gasteiger partial charge in [0.2, 0.25) is 0 Å². The molecule has 4 atom stereocenters. The maximum Gasteiger partial charge on any atom is 0.0611 e. The van der Waals surface area contributed by atoms with Crippen molar-refractivity contribution in [2.45, 2.75) is 58.7 Å². The smallest absolute Gasteiger partial charge is 0.0611 e. The maximum atomic E-state index is 6.08. The molecule has 2 heteroatoms. The average molecular weight is 225 g/mol. The Morgan fingerprint density at radius 2 is 2.06 bits per heavy atom. The van der Waals surface area contributed by atoms with Gasteiger partial charge in [-0.15, -0.1) is 0 Å². The van der Waals surface area contributed by atoms with Gasteiger partial charge in [-0.2, -0.15) is 0 Å². The van der Waals surface area contributed by atoms with E-state index in [0.29, 0.717) is 12.2 Å². The summed E-state index contributed by atoms with van der Waals surface area (Å²) in [4.78, 5) is 0. The molecule has 0 radical (unpaired) electrons. The van der Waals surface area contributed by atoms with Gasteiger partial charge in [0.05, 0.1) is 12.2 Å². The molecule has 2 rings (SSSR count). The minimum Gasteiger partial charge on any atom is -0.375 e. The number of piperidine rings is 1. The molecule has 94 valence electrons. The summed E-state index contributed by atoms with van der Waals surface area (Å²) < 4.78 is 6.08. The fraction of sp³-hybridized carbons (Fsp3) is 1.00. The number of rotatable bonds is 3. The predicted octanol–water partition coefficient (Wildman–Crippen LogP) is 2.83. The highest BCUT2D eigenvalue weighted by atomic mass is 16.5. The lowest BCUT2D eigenvalue weighted by Crippen LogP contribution is -2.42. The zero-order chi connectivity index (χ0) is 11.5. The Balaban J connectivity index is 1.93. The molecule has 0 bridgehead atoms. The molecule has 2 aliphatic heterocycles. The lowest BCUT2D eigenvalue weighted by Gasteiger charge is -2.36. The molecule has 2 nitrogen and oxygen atoms in total. The fourth-order valence-corrected chi connectivity index (χ4v) is 3.44. The zero-order valence-electron chi connectivity index (χ0n) is 11.0. The van der Waals surface area contributed by atoms with Crippen LogP contribution in [0.2, 0.25) is 0 Å². The van der Waals surface area contributed by atoms with Crippen LogP contribution in [0, 0.1) is 17.8 Å². The summed E-state index contributed by atoms with van der Waals surface area (Å²) in [7, 11) is 0. The summed E-state index contributed by atoms with van der Waals surface area (Å²) in [6.07, 6.45) is 6.28. The van der Waals surface area contributed by atoms with Crippen LogP contribution in [-0.2, 0) is 4.74 Å². The van der Waals surface area contributed by atoms with Gasteiger partial charge in [0.1, 0.15) is 0 Å². The number of hydrogen-bond acceptors (Lipinski definition) is 2. The SMILES string of the molecule is CC(C)CC1CNCCC1C1CCC(C)O1. The van der Waals surface area contributed by atoms with Gasteiger partial charge in [0, 0.05) is 0 Å². The van der Waals surface area contributed by atoms with Crippen LogP contribution in [0.5, 0.6) is 0 Å². The molecular weight excluding hydrogens is 198 g/mol. The number of nitrogens with one attached hydrogen (secondary N) is 1. The molecule has 4 unspecified atom stereocenters. The summed E-state index contributed by atoms with van der Waals surface area (Å²) in [5.41, 5.74) is 0. The molecular formula is C14H27NO. The van der Waals surface area contributed by atoms with Crippen molar-refractivity contribution in [3.05, 3.63) is 0 Å². The van der Waals surface area contributed by atoms with Crippen LogP contribution in [0.25, 0.3) is 0 Å². The van der Waals surface area contributed by atoms with Crippen molar-refractivity contribution in [2.75, 3.05) is 13.1 Å². The van der Waals surface area contributed by atoms with E-state index in [1.807, 2.05) is 0 Å². The van der Waals surface area contributed by atoms with Crippen molar-refractivity contribution in [3.8, 4) is 0 Å². The zero-order valence-corrected chi connectivity index (χ0v) is 11.0. The first kappa shape index (κ1) is 12.4. The summed E-state index contributed by atoms with van der Waals surface area (Å²) in [6, 6.07) is 0.